The molecule has 114 valence electrons. The second-order valence-corrected chi connectivity index (χ2v) is 6.22. The Hall–Kier alpha value is -2.34. The molecule has 3 rings (SSSR count). The first-order chi connectivity index (χ1) is 10.6. The van der Waals surface area contributed by atoms with Crippen LogP contribution in [0.2, 0.25) is 0 Å². The molecule has 0 aliphatic carbocycles. The van der Waals surface area contributed by atoms with Gasteiger partial charge in [-0.1, -0.05) is 12.1 Å². The highest BCUT2D eigenvalue weighted by Crippen LogP contribution is 2.29. The Labute approximate surface area is 132 Å². The van der Waals surface area contributed by atoms with Gasteiger partial charge in [-0.2, -0.15) is 0 Å². The molecule has 0 bridgehead atoms. The smallest absolute Gasteiger partial charge is 0.345 e. The van der Waals surface area contributed by atoms with E-state index in [0.717, 1.165) is 48.6 Å². The standard InChI is InChI=1S/C16H16N2O3S/c19-15(13-7-8-14(22-13)16(20)21)17-11-5-1-2-6-12(11)18-9-3-4-10-18/h1-2,5-8H,3-4,9-10H2,(H,17,19)(H,20,21). The first kappa shape index (κ1) is 14.6. The highest BCUT2D eigenvalue weighted by atomic mass is 32.1. The molecule has 6 heteroatoms. The van der Waals surface area contributed by atoms with Crippen LogP contribution < -0.4 is 10.2 Å². The van der Waals surface area contributed by atoms with Crippen LogP contribution in [0.25, 0.3) is 0 Å². The van der Waals surface area contributed by atoms with Gasteiger partial charge >= 0.3 is 5.97 Å². The van der Waals surface area contributed by atoms with Crippen molar-refractivity contribution in [3.63, 3.8) is 0 Å². The zero-order valence-electron chi connectivity index (χ0n) is 11.9. The first-order valence-corrected chi connectivity index (χ1v) is 7.95. The van der Waals surface area contributed by atoms with E-state index in [1.165, 1.54) is 6.07 Å². The molecule has 1 aromatic heterocycles. The Kier molecular flexibility index (Phi) is 4.11. The van der Waals surface area contributed by atoms with Crippen molar-refractivity contribution in [2.45, 2.75) is 12.8 Å². The van der Waals surface area contributed by atoms with Crippen molar-refractivity contribution in [2.24, 2.45) is 0 Å². The van der Waals surface area contributed by atoms with E-state index in [-0.39, 0.29) is 10.8 Å². The van der Waals surface area contributed by atoms with Gasteiger partial charge in [0, 0.05) is 13.1 Å². The maximum atomic E-state index is 12.3. The number of para-hydroxylation sites is 2. The van der Waals surface area contributed by atoms with Crippen LogP contribution in [0.3, 0.4) is 0 Å². The molecule has 0 atom stereocenters. The lowest BCUT2D eigenvalue weighted by Gasteiger charge is -2.21. The van der Waals surface area contributed by atoms with Crippen LogP contribution in [-0.4, -0.2) is 30.1 Å². The number of nitrogens with one attached hydrogen (secondary N) is 1. The second-order valence-electron chi connectivity index (χ2n) is 5.13. The number of aromatic carboxylic acids is 1. The predicted octanol–water partition coefficient (Wildman–Crippen LogP) is 3.30. The quantitative estimate of drug-likeness (QED) is 0.908. The fourth-order valence-electron chi connectivity index (χ4n) is 2.57. The average Bonchev–Trinajstić information content (AvgIpc) is 3.19. The molecule has 22 heavy (non-hydrogen) atoms. The normalized spacial score (nSPS) is 14.1. The number of thiophene rings is 1. The number of benzene rings is 1. The summed E-state index contributed by atoms with van der Waals surface area (Å²) in [5, 5.41) is 11.8. The zero-order valence-corrected chi connectivity index (χ0v) is 12.7. The third kappa shape index (κ3) is 2.96. The van der Waals surface area contributed by atoms with Gasteiger partial charge in [0.15, 0.2) is 0 Å². The van der Waals surface area contributed by atoms with Crippen LogP contribution in [0.15, 0.2) is 36.4 Å². The van der Waals surface area contributed by atoms with Gasteiger partial charge in [-0.05, 0) is 37.1 Å². The summed E-state index contributed by atoms with van der Waals surface area (Å²) < 4.78 is 0. The van der Waals surface area contributed by atoms with Crippen molar-refractivity contribution in [3.8, 4) is 0 Å². The van der Waals surface area contributed by atoms with E-state index in [1.807, 2.05) is 24.3 Å². The molecule has 2 heterocycles. The molecular weight excluding hydrogens is 300 g/mol. The Balaban J connectivity index is 1.80. The van der Waals surface area contributed by atoms with Crippen LogP contribution in [0.5, 0.6) is 0 Å². The number of carbonyl (C=O) groups is 2. The molecule has 1 saturated heterocycles. The SMILES string of the molecule is O=C(O)c1ccc(C(=O)Nc2ccccc2N2CCCC2)s1. The second kappa shape index (κ2) is 6.19. The van der Waals surface area contributed by atoms with Crippen molar-refractivity contribution >= 4 is 34.6 Å². The summed E-state index contributed by atoms with van der Waals surface area (Å²) >= 11 is 0.981. The van der Waals surface area contributed by atoms with E-state index >= 15 is 0 Å². The lowest BCUT2D eigenvalue weighted by molar-refractivity contribution is 0.0702. The van der Waals surface area contributed by atoms with E-state index < -0.39 is 5.97 Å². The highest BCUT2D eigenvalue weighted by Gasteiger charge is 2.18. The van der Waals surface area contributed by atoms with Crippen LogP contribution in [0.4, 0.5) is 11.4 Å². The van der Waals surface area contributed by atoms with Gasteiger partial charge in [0.25, 0.3) is 5.91 Å². The van der Waals surface area contributed by atoms with Crippen molar-refractivity contribution in [2.75, 3.05) is 23.3 Å². The van der Waals surface area contributed by atoms with Gasteiger partial charge in [-0.25, -0.2) is 4.79 Å². The van der Waals surface area contributed by atoms with Crippen LogP contribution in [0, 0.1) is 0 Å². The molecule has 2 N–H and O–H groups in total. The summed E-state index contributed by atoms with van der Waals surface area (Å²) in [6.07, 6.45) is 2.32. The number of anilines is 2. The molecule has 0 unspecified atom stereocenters. The number of nitrogens with zero attached hydrogens (tertiary/aromatic N) is 1. The molecule has 0 saturated carbocycles. The lowest BCUT2D eigenvalue weighted by atomic mass is 10.2. The lowest BCUT2D eigenvalue weighted by Crippen LogP contribution is -2.20. The Morgan fingerprint density at radius 3 is 2.41 bits per heavy atom. The predicted molar refractivity (Wildman–Crippen MR) is 87.1 cm³/mol. The van der Waals surface area contributed by atoms with E-state index in [0.29, 0.717) is 4.88 Å². The first-order valence-electron chi connectivity index (χ1n) is 7.13. The summed E-state index contributed by atoms with van der Waals surface area (Å²) in [6, 6.07) is 10.7. The fourth-order valence-corrected chi connectivity index (χ4v) is 3.31. The van der Waals surface area contributed by atoms with Crippen molar-refractivity contribution < 1.29 is 14.7 Å². The Morgan fingerprint density at radius 2 is 1.73 bits per heavy atom. The average molecular weight is 316 g/mol. The molecule has 0 radical (unpaired) electrons. The monoisotopic (exact) mass is 316 g/mol. The summed E-state index contributed by atoms with van der Waals surface area (Å²) in [6.45, 7) is 1.99. The number of hydrogen-bond donors (Lipinski definition) is 2. The number of carboxylic acid groups (broad SMARTS) is 1. The molecule has 0 spiro atoms. The van der Waals surface area contributed by atoms with E-state index in [2.05, 4.69) is 10.2 Å². The minimum Gasteiger partial charge on any atom is -0.477 e. The Morgan fingerprint density at radius 1 is 1.05 bits per heavy atom. The summed E-state index contributed by atoms with van der Waals surface area (Å²) in [4.78, 5) is 26.0. The van der Waals surface area contributed by atoms with Crippen LogP contribution >= 0.6 is 11.3 Å². The minimum atomic E-state index is -1.01. The molecule has 1 fully saturated rings. The summed E-state index contributed by atoms with van der Waals surface area (Å²) in [5.41, 5.74) is 1.78. The summed E-state index contributed by atoms with van der Waals surface area (Å²) in [5.74, 6) is -1.29. The topological polar surface area (TPSA) is 69.6 Å². The molecule has 1 aliphatic rings. The third-order valence-electron chi connectivity index (χ3n) is 3.64. The van der Waals surface area contributed by atoms with E-state index in [4.69, 9.17) is 5.11 Å². The van der Waals surface area contributed by atoms with Gasteiger partial charge in [0.05, 0.1) is 16.3 Å². The molecular formula is C16H16N2O3S. The molecule has 1 amide bonds. The van der Waals surface area contributed by atoms with Gasteiger partial charge in [-0.15, -0.1) is 11.3 Å². The number of hydrogen-bond acceptors (Lipinski definition) is 4. The largest absolute Gasteiger partial charge is 0.477 e. The Bertz CT molecular complexity index is 705. The molecule has 1 aromatic carbocycles. The van der Waals surface area contributed by atoms with Gasteiger partial charge in [-0.3, -0.25) is 4.79 Å². The van der Waals surface area contributed by atoms with Crippen molar-refractivity contribution in [1.82, 2.24) is 0 Å². The van der Waals surface area contributed by atoms with E-state index in [1.54, 1.807) is 6.07 Å². The maximum absolute atomic E-state index is 12.3. The highest BCUT2D eigenvalue weighted by molar-refractivity contribution is 7.15. The number of rotatable bonds is 4. The van der Waals surface area contributed by atoms with E-state index in [9.17, 15) is 9.59 Å². The van der Waals surface area contributed by atoms with Crippen molar-refractivity contribution in [3.05, 3.63) is 46.2 Å². The van der Waals surface area contributed by atoms with Crippen LogP contribution in [-0.2, 0) is 0 Å². The van der Waals surface area contributed by atoms with Gasteiger partial charge in [0.2, 0.25) is 0 Å². The third-order valence-corrected chi connectivity index (χ3v) is 4.71. The van der Waals surface area contributed by atoms with Gasteiger partial charge in [0.1, 0.15) is 4.88 Å². The number of carboxylic acids is 1. The zero-order chi connectivity index (χ0) is 15.5. The molecule has 5 nitrogen and oxygen atoms in total. The molecule has 1 aliphatic heterocycles. The number of amides is 1. The molecule has 2 aromatic rings. The minimum absolute atomic E-state index is 0.165. The number of carbonyl (C=O) groups excluding carboxylic acids is 1. The van der Waals surface area contributed by atoms with Gasteiger partial charge < -0.3 is 15.3 Å². The maximum Gasteiger partial charge on any atom is 0.345 e. The van der Waals surface area contributed by atoms with Crippen LogP contribution in [0.1, 0.15) is 32.2 Å². The van der Waals surface area contributed by atoms with Crippen molar-refractivity contribution in [1.29, 1.82) is 0 Å². The summed E-state index contributed by atoms with van der Waals surface area (Å²) in [7, 11) is 0. The fraction of sp³-hybridized carbons (Fsp3) is 0.250.